The Balaban J connectivity index is 2.08. The molecule has 0 N–H and O–H groups in total. The van der Waals surface area contributed by atoms with Crippen LogP contribution in [-0.4, -0.2) is 45.3 Å². The molecular weight excluding hydrogens is 256 g/mol. The fraction of sp³-hybridized carbons (Fsp3) is 0.786. The standard InChI is InChI=1S/C14H24N4O2/c1-5-20-13(19)14(11(2)3)6-7-18(9-14)8-12-15-10-16-17(12)4/h10-11H,5-9H2,1-4H3. The van der Waals surface area contributed by atoms with Crippen LogP contribution in [0.25, 0.3) is 0 Å². The summed E-state index contributed by atoms with van der Waals surface area (Å²) in [5, 5.41) is 4.08. The topological polar surface area (TPSA) is 60.2 Å². The van der Waals surface area contributed by atoms with E-state index in [1.807, 2.05) is 14.0 Å². The fourth-order valence-electron chi connectivity index (χ4n) is 2.86. The van der Waals surface area contributed by atoms with Gasteiger partial charge in [-0.1, -0.05) is 13.8 Å². The van der Waals surface area contributed by atoms with Gasteiger partial charge in [0.15, 0.2) is 0 Å². The van der Waals surface area contributed by atoms with Gasteiger partial charge in [-0.25, -0.2) is 4.98 Å². The molecule has 0 saturated carbocycles. The smallest absolute Gasteiger partial charge is 0.313 e. The Labute approximate surface area is 120 Å². The molecule has 0 amide bonds. The van der Waals surface area contributed by atoms with Crippen LogP contribution < -0.4 is 0 Å². The molecule has 2 heterocycles. The SMILES string of the molecule is CCOC(=O)C1(C(C)C)CCN(Cc2ncnn2C)C1. The second kappa shape index (κ2) is 5.91. The Bertz CT molecular complexity index is 471. The summed E-state index contributed by atoms with van der Waals surface area (Å²) in [5.74, 6) is 1.13. The highest BCUT2D eigenvalue weighted by Crippen LogP contribution is 2.39. The Kier molecular flexibility index (Phi) is 4.42. The summed E-state index contributed by atoms with van der Waals surface area (Å²) in [6.07, 6.45) is 2.41. The van der Waals surface area contributed by atoms with Gasteiger partial charge in [-0.15, -0.1) is 0 Å². The quantitative estimate of drug-likeness (QED) is 0.759. The molecule has 1 aromatic rings. The highest BCUT2D eigenvalue weighted by molar-refractivity contribution is 5.78. The Hall–Kier alpha value is -1.43. The largest absolute Gasteiger partial charge is 0.466 e. The summed E-state index contributed by atoms with van der Waals surface area (Å²) in [6.45, 7) is 8.85. The zero-order valence-electron chi connectivity index (χ0n) is 12.8. The van der Waals surface area contributed by atoms with Crippen molar-refractivity contribution in [2.45, 2.75) is 33.7 Å². The Morgan fingerprint density at radius 2 is 2.30 bits per heavy atom. The number of nitrogens with zero attached hydrogens (tertiary/aromatic N) is 4. The molecule has 0 spiro atoms. The van der Waals surface area contributed by atoms with Crippen molar-refractivity contribution in [1.82, 2.24) is 19.7 Å². The molecule has 1 aromatic heterocycles. The molecule has 1 aliphatic rings. The molecular formula is C14H24N4O2. The Morgan fingerprint density at radius 3 is 2.85 bits per heavy atom. The van der Waals surface area contributed by atoms with E-state index in [0.717, 1.165) is 31.9 Å². The molecule has 1 saturated heterocycles. The van der Waals surface area contributed by atoms with Crippen LogP contribution in [0.1, 0.15) is 33.0 Å². The van der Waals surface area contributed by atoms with Gasteiger partial charge >= 0.3 is 5.97 Å². The van der Waals surface area contributed by atoms with Crippen LogP contribution in [0.15, 0.2) is 6.33 Å². The molecule has 0 aliphatic carbocycles. The van der Waals surface area contributed by atoms with Gasteiger partial charge < -0.3 is 4.74 Å². The molecule has 2 rings (SSSR count). The first kappa shape index (κ1) is 15.0. The number of ether oxygens (including phenoxy) is 1. The highest BCUT2D eigenvalue weighted by atomic mass is 16.5. The van der Waals surface area contributed by atoms with Crippen LogP contribution in [0, 0.1) is 11.3 Å². The van der Waals surface area contributed by atoms with Crippen molar-refractivity contribution >= 4 is 5.97 Å². The lowest BCUT2D eigenvalue weighted by molar-refractivity contribution is -0.157. The molecule has 1 atom stereocenters. The van der Waals surface area contributed by atoms with E-state index in [-0.39, 0.29) is 17.3 Å². The van der Waals surface area contributed by atoms with Crippen LogP contribution in [0.3, 0.4) is 0 Å². The minimum absolute atomic E-state index is 0.0598. The molecule has 1 unspecified atom stereocenters. The van der Waals surface area contributed by atoms with E-state index in [1.54, 1.807) is 11.0 Å². The number of hydrogen-bond donors (Lipinski definition) is 0. The van der Waals surface area contributed by atoms with Crippen molar-refractivity contribution in [2.24, 2.45) is 18.4 Å². The summed E-state index contributed by atoms with van der Waals surface area (Å²) in [7, 11) is 1.89. The van der Waals surface area contributed by atoms with E-state index in [4.69, 9.17) is 4.74 Å². The zero-order valence-corrected chi connectivity index (χ0v) is 12.8. The van der Waals surface area contributed by atoms with E-state index in [0.29, 0.717) is 6.61 Å². The number of carbonyl (C=O) groups excluding carboxylic acids is 1. The van der Waals surface area contributed by atoms with Crippen LogP contribution in [0.5, 0.6) is 0 Å². The maximum absolute atomic E-state index is 12.3. The van der Waals surface area contributed by atoms with Gasteiger partial charge in [0.05, 0.1) is 18.6 Å². The molecule has 0 aromatic carbocycles. The molecule has 6 heteroatoms. The third-order valence-corrected chi connectivity index (χ3v) is 4.34. The second-order valence-electron chi connectivity index (χ2n) is 5.79. The molecule has 0 radical (unpaired) electrons. The zero-order chi connectivity index (χ0) is 14.8. The minimum Gasteiger partial charge on any atom is -0.466 e. The highest BCUT2D eigenvalue weighted by Gasteiger charge is 2.48. The first-order valence-electron chi connectivity index (χ1n) is 7.22. The number of aromatic nitrogens is 3. The maximum atomic E-state index is 12.3. The number of aryl methyl sites for hydroxylation is 1. The van der Waals surface area contributed by atoms with Crippen molar-refractivity contribution in [3.63, 3.8) is 0 Å². The molecule has 1 fully saturated rings. The lowest BCUT2D eigenvalue weighted by atomic mass is 9.76. The lowest BCUT2D eigenvalue weighted by Gasteiger charge is -2.30. The van der Waals surface area contributed by atoms with Gasteiger partial charge in [-0.3, -0.25) is 14.4 Å². The van der Waals surface area contributed by atoms with Crippen molar-refractivity contribution in [3.8, 4) is 0 Å². The van der Waals surface area contributed by atoms with Gasteiger partial charge in [0, 0.05) is 13.6 Å². The minimum atomic E-state index is -0.380. The van der Waals surface area contributed by atoms with E-state index in [2.05, 4.69) is 28.8 Å². The summed E-state index contributed by atoms with van der Waals surface area (Å²) in [4.78, 5) is 18.9. The van der Waals surface area contributed by atoms with Crippen molar-refractivity contribution < 1.29 is 9.53 Å². The predicted octanol–water partition coefficient (Wildman–Crippen LogP) is 1.23. The maximum Gasteiger partial charge on any atom is 0.313 e. The Morgan fingerprint density at radius 1 is 1.55 bits per heavy atom. The van der Waals surface area contributed by atoms with E-state index < -0.39 is 0 Å². The van der Waals surface area contributed by atoms with E-state index in [1.165, 1.54) is 0 Å². The monoisotopic (exact) mass is 280 g/mol. The van der Waals surface area contributed by atoms with Crippen LogP contribution in [-0.2, 0) is 23.1 Å². The first-order valence-corrected chi connectivity index (χ1v) is 7.22. The average molecular weight is 280 g/mol. The van der Waals surface area contributed by atoms with Gasteiger partial charge in [0.25, 0.3) is 0 Å². The lowest BCUT2D eigenvalue weighted by Crippen LogP contribution is -2.40. The number of esters is 1. The van der Waals surface area contributed by atoms with Gasteiger partial charge in [0.2, 0.25) is 0 Å². The first-order chi connectivity index (χ1) is 9.49. The number of carbonyl (C=O) groups is 1. The van der Waals surface area contributed by atoms with Crippen molar-refractivity contribution in [2.75, 3.05) is 19.7 Å². The third kappa shape index (κ3) is 2.70. The molecule has 20 heavy (non-hydrogen) atoms. The molecule has 1 aliphatic heterocycles. The number of hydrogen-bond acceptors (Lipinski definition) is 5. The summed E-state index contributed by atoms with van der Waals surface area (Å²) in [5.41, 5.74) is -0.380. The van der Waals surface area contributed by atoms with Gasteiger partial charge in [-0.2, -0.15) is 5.10 Å². The van der Waals surface area contributed by atoms with E-state index in [9.17, 15) is 4.79 Å². The normalized spacial score (nSPS) is 23.4. The summed E-state index contributed by atoms with van der Waals surface area (Å²) in [6, 6.07) is 0. The summed E-state index contributed by atoms with van der Waals surface area (Å²) >= 11 is 0. The van der Waals surface area contributed by atoms with Crippen LogP contribution >= 0.6 is 0 Å². The van der Waals surface area contributed by atoms with Crippen LogP contribution in [0.2, 0.25) is 0 Å². The van der Waals surface area contributed by atoms with E-state index >= 15 is 0 Å². The number of likely N-dealkylation sites (tertiary alicyclic amines) is 1. The van der Waals surface area contributed by atoms with Crippen LogP contribution in [0.4, 0.5) is 0 Å². The van der Waals surface area contributed by atoms with Crippen molar-refractivity contribution in [3.05, 3.63) is 12.2 Å². The van der Waals surface area contributed by atoms with Gasteiger partial charge in [-0.05, 0) is 25.8 Å². The molecule has 112 valence electrons. The molecule has 6 nitrogen and oxygen atoms in total. The number of rotatable bonds is 5. The predicted molar refractivity (Wildman–Crippen MR) is 74.8 cm³/mol. The average Bonchev–Trinajstić information content (AvgIpc) is 2.99. The second-order valence-corrected chi connectivity index (χ2v) is 5.79. The third-order valence-electron chi connectivity index (χ3n) is 4.34. The van der Waals surface area contributed by atoms with Gasteiger partial charge in [0.1, 0.15) is 12.2 Å². The molecule has 0 bridgehead atoms. The van der Waals surface area contributed by atoms with Crippen molar-refractivity contribution in [1.29, 1.82) is 0 Å². The summed E-state index contributed by atoms with van der Waals surface area (Å²) < 4.78 is 7.08. The fourth-order valence-corrected chi connectivity index (χ4v) is 2.86.